The van der Waals surface area contributed by atoms with Crippen molar-refractivity contribution in [2.45, 2.75) is 58.5 Å². The molecule has 1 aliphatic heterocycles. The van der Waals surface area contributed by atoms with Crippen molar-refractivity contribution < 1.29 is 14.4 Å². The second kappa shape index (κ2) is 8.81. The second-order valence-corrected chi connectivity index (χ2v) is 8.21. The number of amides is 3. The van der Waals surface area contributed by atoms with Gasteiger partial charge in [-0.05, 0) is 38.7 Å². The fraction of sp³-hybridized carbons (Fsp3) is 0.571. The third kappa shape index (κ3) is 4.15. The van der Waals surface area contributed by atoms with Crippen LogP contribution in [0.5, 0.6) is 0 Å². The summed E-state index contributed by atoms with van der Waals surface area (Å²) < 4.78 is 1.79. The Labute approximate surface area is 176 Å². The smallest absolute Gasteiger partial charge is 0.252 e. The van der Waals surface area contributed by atoms with Crippen LogP contribution in [-0.4, -0.2) is 63.6 Å². The molecule has 9 nitrogen and oxygen atoms in total. The Morgan fingerprint density at radius 3 is 2.60 bits per heavy atom. The van der Waals surface area contributed by atoms with Gasteiger partial charge < -0.3 is 15.5 Å². The third-order valence-corrected chi connectivity index (χ3v) is 5.43. The largest absolute Gasteiger partial charge is 0.357 e. The second-order valence-electron chi connectivity index (χ2n) is 8.21. The molecule has 1 aliphatic rings. The van der Waals surface area contributed by atoms with E-state index < -0.39 is 6.04 Å². The highest BCUT2D eigenvalue weighted by molar-refractivity contribution is 6.06. The van der Waals surface area contributed by atoms with Crippen molar-refractivity contribution in [1.82, 2.24) is 30.3 Å². The molecule has 162 valence electrons. The molecular weight excluding hydrogens is 384 g/mol. The predicted molar refractivity (Wildman–Crippen MR) is 113 cm³/mol. The van der Waals surface area contributed by atoms with Crippen LogP contribution in [0, 0.1) is 0 Å². The average molecular weight is 415 g/mol. The fourth-order valence-corrected chi connectivity index (χ4v) is 3.76. The summed E-state index contributed by atoms with van der Waals surface area (Å²) in [5.41, 5.74) is 1.90. The summed E-state index contributed by atoms with van der Waals surface area (Å²) in [7, 11) is 1.56. The molecule has 3 rings (SSSR count). The Bertz CT molecular complexity index is 965. The van der Waals surface area contributed by atoms with Gasteiger partial charge in [0, 0.05) is 25.3 Å². The Morgan fingerprint density at radius 2 is 1.97 bits per heavy atom. The lowest BCUT2D eigenvalue weighted by molar-refractivity contribution is -0.137. The molecule has 30 heavy (non-hydrogen) atoms. The summed E-state index contributed by atoms with van der Waals surface area (Å²) in [6.45, 7) is 8.40. The van der Waals surface area contributed by atoms with E-state index in [9.17, 15) is 14.4 Å². The maximum Gasteiger partial charge on any atom is 0.252 e. The summed E-state index contributed by atoms with van der Waals surface area (Å²) in [6.07, 6.45) is 3.05. The van der Waals surface area contributed by atoms with Crippen molar-refractivity contribution in [3.63, 3.8) is 0 Å². The van der Waals surface area contributed by atoms with Gasteiger partial charge in [0.2, 0.25) is 11.8 Å². The van der Waals surface area contributed by atoms with E-state index in [1.54, 1.807) is 24.0 Å². The van der Waals surface area contributed by atoms with Crippen LogP contribution in [0.15, 0.2) is 12.3 Å². The molecule has 0 spiro atoms. The summed E-state index contributed by atoms with van der Waals surface area (Å²) in [6, 6.07) is 1.40. The number of hydrogen-bond donors (Lipinski definition) is 2. The SMILES string of the molecule is CNC(=O)C1CCCN1C(=O)CNC(=O)c1cc(C(C)C)nc2c1cnn2C(C)C. The van der Waals surface area contributed by atoms with Gasteiger partial charge in [0.1, 0.15) is 6.04 Å². The van der Waals surface area contributed by atoms with Crippen molar-refractivity contribution in [3.05, 3.63) is 23.5 Å². The Morgan fingerprint density at radius 1 is 1.23 bits per heavy atom. The van der Waals surface area contributed by atoms with Crippen molar-refractivity contribution in [2.24, 2.45) is 0 Å². The van der Waals surface area contributed by atoms with Crippen LogP contribution in [0.4, 0.5) is 0 Å². The van der Waals surface area contributed by atoms with Gasteiger partial charge in [-0.3, -0.25) is 14.4 Å². The highest BCUT2D eigenvalue weighted by atomic mass is 16.2. The minimum absolute atomic E-state index is 0.103. The fourth-order valence-electron chi connectivity index (χ4n) is 3.76. The number of nitrogens with one attached hydrogen (secondary N) is 2. The summed E-state index contributed by atoms with van der Waals surface area (Å²) in [4.78, 5) is 43.8. The molecule has 2 aromatic rings. The number of likely N-dealkylation sites (N-methyl/N-ethyl adjacent to an activating group) is 1. The highest BCUT2D eigenvalue weighted by Gasteiger charge is 2.33. The standard InChI is InChI=1S/C21H30N6O3/c1-12(2)16-9-14(15-10-24-27(13(3)4)19(15)25-16)20(29)23-11-18(28)26-8-6-7-17(26)21(30)22-5/h9-10,12-13,17H,6-8,11H2,1-5H3,(H,22,30)(H,23,29). The number of fused-ring (bicyclic) bond motifs is 1. The van der Waals surface area contributed by atoms with E-state index in [1.807, 2.05) is 27.7 Å². The van der Waals surface area contributed by atoms with E-state index >= 15 is 0 Å². The first kappa shape index (κ1) is 21.7. The van der Waals surface area contributed by atoms with Crippen molar-refractivity contribution in [1.29, 1.82) is 0 Å². The van der Waals surface area contributed by atoms with Crippen molar-refractivity contribution >= 4 is 28.8 Å². The van der Waals surface area contributed by atoms with Crippen LogP contribution < -0.4 is 10.6 Å². The van der Waals surface area contributed by atoms with E-state index in [4.69, 9.17) is 4.98 Å². The van der Waals surface area contributed by atoms with E-state index in [0.29, 0.717) is 29.6 Å². The molecule has 1 fully saturated rings. The Kier molecular flexibility index (Phi) is 6.38. The molecule has 9 heteroatoms. The van der Waals surface area contributed by atoms with E-state index in [2.05, 4.69) is 15.7 Å². The number of aromatic nitrogens is 3. The quantitative estimate of drug-likeness (QED) is 0.746. The lowest BCUT2D eigenvalue weighted by atomic mass is 10.0. The molecule has 1 unspecified atom stereocenters. The zero-order chi connectivity index (χ0) is 22.0. The van der Waals surface area contributed by atoms with Crippen molar-refractivity contribution in [2.75, 3.05) is 20.1 Å². The molecular formula is C21H30N6O3. The zero-order valence-corrected chi connectivity index (χ0v) is 18.2. The molecule has 3 heterocycles. The first-order valence-corrected chi connectivity index (χ1v) is 10.4. The minimum atomic E-state index is -0.469. The molecule has 0 bridgehead atoms. The summed E-state index contributed by atoms with van der Waals surface area (Å²) in [5.74, 6) is -0.653. The predicted octanol–water partition coefficient (Wildman–Crippen LogP) is 1.60. The first-order valence-electron chi connectivity index (χ1n) is 10.4. The minimum Gasteiger partial charge on any atom is -0.357 e. The van der Waals surface area contributed by atoms with Crippen molar-refractivity contribution in [3.8, 4) is 0 Å². The van der Waals surface area contributed by atoms with Gasteiger partial charge in [-0.25, -0.2) is 9.67 Å². The van der Waals surface area contributed by atoms with E-state index in [0.717, 1.165) is 12.1 Å². The van der Waals surface area contributed by atoms with Crippen LogP contribution in [-0.2, 0) is 9.59 Å². The number of rotatable bonds is 6. The topological polar surface area (TPSA) is 109 Å². The first-order chi connectivity index (χ1) is 14.2. The van der Waals surface area contributed by atoms with E-state index in [-0.39, 0.29) is 36.2 Å². The normalized spacial score (nSPS) is 16.5. The lowest BCUT2D eigenvalue weighted by Crippen LogP contribution is -2.48. The third-order valence-electron chi connectivity index (χ3n) is 5.43. The summed E-state index contributed by atoms with van der Waals surface area (Å²) >= 11 is 0. The van der Waals surface area contributed by atoms with Gasteiger partial charge in [-0.15, -0.1) is 0 Å². The maximum absolute atomic E-state index is 13.0. The molecule has 0 aromatic carbocycles. The molecule has 2 N–H and O–H groups in total. The van der Waals surface area contributed by atoms with Gasteiger partial charge in [0.25, 0.3) is 5.91 Å². The van der Waals surface area contributed by atoms with Crippen LogP contribution in [0.3, 0.4) is 0 Å². The number of nitrogens with zero attached hydrogens (tertiary/aromatic N) is 4. The van der Waals surface area contributed by atoms with Gasteiger partial charge in [0.05, 0.1) is 23.7 Å². The zero-order valence-electron chi connectivity index (χ0n) is 18.2. The lowest BCUT2D eigenvalue weighted by Gasteiger charge is -2.23. The number of carbonyl (C=O) groups excluding carboxylic acids is 3. The van der Waals surface area contributed by atoms with E-state index in [1.165, 1.54) is 4.90 Å². The monoisotopic (exact) mass is 414 g/mol. The molecule has 0 aliphatic carbocycles. The number of pyridine rings is 1. The summed E-state index contributed by atoms with van der Waals surface area (Å²) in [5, 5.41) is 10.4. The van der Waals surface area contributed by atoms with Crippen LogP contribution in [0.1, 0.15) is 68.5 Å². The van der Waals surface area contributed by atoms with Crippen LogP contribution in [0.25, 0.3) is 11.0 Å². The van der Waals surface area contributed by atoms with Gasteiger partial charge in [0.15, 0.2) is 5.65 Å². The molecule has 0 saturated carbocycles. The Hall–Kier alpha value is -2.97. The molecule has 1 atom stereocenters. The van der Waals surface area contributed by atoms with Gasteiger partial charge in [-0.2, -0.15) is 5.10 Å². The maximum atomic E-state index is 13.0. The highest BCUT2D eigenvalue weighted by Crippen LogP contribution is 2.24. The average Bonchev–Trinajstić information content (AvgIpc) is 3.37. The van der Waals surface area contributed by atoms with Crippen LogP contribution in [0.2, 0.25) is 0 Å². The molecule has 1 saturated heterocycles. The Balaban J connectivity index is 1.81. The van der Waals surface area contributed by atoms with Crippen LogP contribution >= 0.6 is 0 Å². The number of carbonyl (C=O) groups is 3. The molecule has 3 amide bonds. The molecule has 0 radical (unpaired) electrons. The van der Waals surface area contributed by atoms with Gasteiger partial charge >= 0.3 is 0 Å². The van der Waals surface area contributed by atoms with Gasteiger partial charge in [-0.1, -0.05) is 13.8 Å². The molecule has 2 aromatic heterocycles. The number of likely N-dealkylation sites (tertiary alicyclic amines) is 1. The number of hydrogen-bond acceptors (Lipinski definition) is 5.